The first-order valence-corrected chi connectivity index (χ1v) is 5.50. The zero-order valence-corrected chi connectivity index (χ0v) is 10.0. The summed E-state index contributed by atoms with van der Waals surface area (Å²) in [5.74, 6) is 0.0231. The number of amides is 1. The summed E-state index contributed by atoms with van der Waals surface area (Å²) >= 11 is 0. The number of hydrogen-bond donors (Lipinski definition) is 0. The third kappa shape index (κ3) is 2.75. The van der Waals surface area contributed by atoms with Crippen LogP contribution in [0.2, 0.25) is 0 Å². The van der Waals surface area contributed by atoms with Gasteiger partial charge in [-0.1, -0.05) is 17.7 Å². The molecule has 1 aromatic heterocycles. The fourth-order valence-electron chi connectivity index (χ4n) is 1.73. The molecule has 0 bridgehead atoms. The average Bonchev–Trinajstić information content (AvgIpc) is 2.80. The van der Waals surface area contributed by atoms with E-state index in [1.807, 2.05) is 37.3 Å². The molecule has 0 aliphatic heterocycles. The molecule has 2 aromatic rings. The van der Waals surface area contributed by atoms with Crippen molar-refractivity contribution in [1.82, 2.24) is 4.90 Å². The van der Waals surface area contributed by atoms with E-state index in [4.69, 9.17) is 4.42 Å². The van der Waals surface area contributed by atoms with Gasteiger partial charge in [-0.25, -0.2) is 0 Å². The lowest BCUT2D eigenvalue weighted by molar-refractivity contribution is 0.0785. The third-order valence-electron chi connectivity index (χ3n) is 2.61. The minimum Gasteiger partial charge on any atom is -0.472 e. The van der Waals surface area contributed by atoms with Crippen molar-refractivity contribution in [1.29, 1.82) is 0 Å². The molecule has 0 spiro atoms. The van der Waals surface area contributed by atoms with Gasteiger partial charge in [0.15, 0.2) is 0 Å². The first-order chi connectivity index (χ1) is 8.16. The van der Waals surface area contributed by atoms with Crippen molar-refractivity contribution in [2.45, 2.75) is 13.5 Å². The molecule has 3 nitrogen and oxygen atoms in total. The number of rotatable bonds is 3. The Hall–Kier alpha value is -2.03. The van der Waals surface area contributed by atoms with Crippen LogP contribution in [0.15, 0.2) is 47.3 Å². The molecule has 17 heavy (non-hydrogen) atoms. The number of carbonyl (C=O) groups is 1. The van der Waals surface area contributed by atoms with Crippen molar-refractivity contribution in [2.75, 3.05) is 7.05 Å². The van der Waals surface area contributed by atoms with Crippen LogP contribution in [0.3, 0.4) is 0 Å². The lowest BCUT2D eigenvalue weighted by Crippen LogP contribution is -2.25. The van der Waals surface area contributed by atoms with Crippen molar-refractivity contribution in [3.8, 4) is 0 Å². The maximum atomic E-state index is 12.1. The predicted molar refractivity (Wildman–Crippen MR) is 65.7 cm³/mol. The van der Waals surface area contributed by atoms with E-state index in [1.54, 1.807) is 24.5 Å². The largest absolute Gasteiger partial charge is 0.472 e. The molecule has 2 rings (SSSR count). The summed E-state index contributed by atoms with van der Waals surface area (Å²) in [6, 6.07) is 9.47. The van der Waals surface area contributed by atoms with E-state index >= 15 is 0 Å². The van der Waals surface area contributed by atoms with Gasteiger partial charge in [-0.15, -0.1) is 0 Å². The standard InChI is InChI=1S/C14H15NO2/c1-11-4-3-5-13(8-11)14(16)15(2)9-12-6-7-17-10-12/h3-8,10H,9H2,1-2H3. The van der Waals surface area contributed by atoms with E-state index in [2.05, 4.69) is 0 Å². The predicted octanol–water partition coefficient (Wildman–Crippen LogP) is 2.86. The molecule has 0 aliphatic carbocycles. The van der Waals surface area contributed by atoms with Crippen molar-refractivity contribution < 1.29 is 9.21 Å². The molecular formula is C14H15NO2. The Labute approximate surface area is 101 Å². The monoisotopic (exact) mass is 229 g/mol. The van der Waals surface area contributed by atoms with E-state index in [0.29, 0.717) is 6.54 Å². The van der Waals surface area contributed by atoms with Crippen molar-refractivity contribution in [3.05, 3.63) is 59.5 Å². The average molecular weight is 229 g/mol. The van der Waals surface area contributed by atoms with Gasteiger partial charge in [0, 0.05) is 24.7 Å². The van der Waals surface area contributed by atoms with Crippen molar-refractivity contribution in [2.24, 2.45) is 0 Å². The first kappa shape index (κ1) is 11.5. The first-order valence-electron chi connectivity index (χ1n) is 5.50. The van der Waals surface area contributed by atoms with Gasteiger partial charge < -0.3 is 9.32 Å². The third-order valence-corrected chi connectivity index (χ3v) is 2.61. The Morgan fingerprint density at radius 3 is 2.82 bits per heavy atom. The van der Waals surface area contributed by atoms with Crippen LogP contribution in [-0.4, -0.2) is 17.9 Å². The SMILES string of the molecule is Cc1cccc(C(=O)N(C)Cc2ccoc2)c1. The minimum absolute atomic E-state index is 0.0231. The van der Waals surface area contributed by atoms with Crippen LogP contribution in [0, 0.1) is 6.92 Å². The van der Waals surface area contributed by atoms with Crippen LogP contribution < -0.4 is 0 Å². The highest BCUT2D eigenvalue weighted by Gasteiger charge is 2.12. The van der Waals surface area contributed by atoms with Crippen molar-refractivity contribution in [3.63, 3.8) is 0 Å². The van der Waals surface area contributed by atoms with Gasteiger partial charge in [-0.3, -0.25) is 4.79 Å². The van der Waals surface area contributed by atoms with Gasteiger partial charge in [-0.05, 0) is 25.1 Å². The smallest absolute Gasteiger partial charge is 0.253 e. The molecule has 0 fully saturated rings. The van der Waals surface area contributed by atoms with E-state index in [1.165, 1.54) is 0 Å². The van der Waals surface area contributed by atoms with Crippen LogP contribution in [0.4, 0.5) is 0 Å². The van der Waals surface area contributed by atoms with Gasteiger partial charge in [0.05, 0.1) is 12.5 Å². The van der Waals surface area contributed by atoms with Crippen LogP contribution in [0.5, 0.6) is 0 Å². The molecule has 1 amide bonds. The summed E-state index contributed by atoms with van der Waals surface area (Å²) in [6.07, 6.45) is 3.26. The van der Waals surface area contributed by atoms with Crippen LogP contribution in [-0.2, 0) is 6.54 Å². The number of hydrogen-bond acceptors (Lipinski definition) is 2. The molecule has 0 unspecified atom stereocenters. The molecular weight excluding hydrogens is 214 g/mol. The molecule has 0 radical (unpaired) electrons. The Kier molecular flexibility index (Phi) is 3.28. The topological polar surface area (TPSA) is 33.5 Å². The lowest BCUT2D eigenvalue weighted by Gasteiger charge is -2.16. The molecule has 0 aliphatic rings. The Bertz CT molecular complexity index is 503. The second kappa shape index (κ2) is 4.87. The Morgan fingerprint density at radius 2 is 2.18 bits per heavy atom. The van der Waals surface area contributed by atoms with Gasteiger partial charge >= 0.3 is 0 Å². The number of aryl methyl sites for hydroxylation is 1. The zero-order chi connectivity index (χ0) is 12.3. The fourth-order valence-corrected chi connectivity index (χ4v) is 1.73. The minimum atomic E-state index is 0.0231. The van der Waals surface area contributed by atoms with Crippen LogP contribution in [0.25, 0.3) is 0 Å². The summed E-state index contributed by atoms with van der Waals surface area (Å²) in [5.41, 5.74) is 2.80. The number of furan rings is 1. The van der Waals surface area contributed by atoms with E-state index in [9.17, 15) is 4.79 Å². The van der Waals surface area contributed by atoms with Gasteiger partial charge in [0.2, 0.25) is 0 Å². The maximum Gasteiger partial charge on any atom is 0.253 e. The number of carbonyl (C=O) groups excluding carboxylic acids is 1. The van der Waals surface area contributed by atoms with Gasteiger partial charge in [0.25, 0.3) is 5.91 Å². The molecule has 0 saturated carbocycles. The summed E-state index contributed by atoms with van der Waals surface area (Å²) in [6.45, 7) is 2.54. The lowest BCUT2D eigenvalue weighted by atomic mass is 10.1. The molecule has 0 saturated heterocycles. The summed E-state index contributed by atoms with van der Waals surface area (Å²) in [4.78, 5) is 13.8. The Morgan fingerprint density at radius 1 is 1.35 bits per heavy atom. The number of nitrogens with zero attached hydrogens (tertiary/aromatic N) is 1. The maximum absolute atomic E-state index is 12.1. The molecule has 0 atom stereocenters. The zero-order valence-electron chi connectivity index (χ0n) is 10.0. The highest BCUT2D eigenvalue weighted by Crippen LogP contribution is 2.10. The quantitative estimate of drug-likeness (QED) is 0.810. The van der Waals surface area contributed by atoms with Gasteiger partial charge in [-0.2, -0.15) is 0 Å². The normalized spacial score (nSPS) is 10.2. The molecule has 1 heterocycles. The second-order valence-electron chi connectivity index (χ2n) is 4.16. The summed E-state index contributed by atoms with van der Waals surface area (Å²) < 4.78 is 4.98. The second-order valence-corrected chi connectivity index (χ2v) is 4.16. The fraction of sp³-hybridized carbons (Fsp3) is 0.214. The molecule has 1 aromatic carbocycles. The Balaban J connectivity index is 2.09. The van der Waals surface area contributed by atoms with E-state index in [0.717, 1.165) is 16.7 Å². The van der Waals surface area contributed by atoms with E-state index in [-0.39, 0.29) is 5.91 Å². The van der Waals surface area contributed by atoms with E-state index < -0.39 is 0 Å². The van der Waals surface area contributed by atoms with Crippen molar-refractivity contribution >= 4 is 5.91 Å². The molecule has 88 valence electrons. The van der Waals surface area contributed by atoms with Crippen LogP contribution in [0.1, 0.15) is 21.5 Å². The number of benzene rings is 1. The molecule has 0 N–H and O–H groups in total. The summed E-state index contributed by atoms with van der Waals surface area (Å²) in [5, 5.41) is 0. The highest BCUT2D eigenvalue weighted by atomic mass is 16.3. The highest BCUT2D eigenvalue weighted by molar-refractivity contribution is 5.94. The van der Waals surface area contributed by atoms with Gasteiger partial charge in [0.1, 0.15) is 0 Å². The van der Waals surface area contributed by atoms with Crippen LogP contribution >= 0.6 is 0 Å². The molecule has 3 heteroatoms. The summed E-state index contributed by atoms with van der Waals surface area (Å²) in [7, 11) is 1.79.